The number of rotatable bonds is 6. The Bertz CT molecular complexity index is 604. The van der Waals surface area contributed by atoms with Gasteiger partial charge in [0.05, 0.1) is 0 Å². The number of pyridine rings is 1. The van der Waals surface area contributed by atoms with Crippen molar-refractivity contribution in [1.29, 1.82) is 0 Å². The van der Waals surface area contributed by atoms with Crippen LogP contribution in [0.5, 0.6) is 0 Å². The molecule has 0 unspecified atom stereocenters. The number of carbonyl (C=O) groups is 1. The number of amides is 1. The summed E-state index contributed by atoms with van der Waals surface area (Å²) < 4.78 is 40.1. The van der Waals surface area contributed by atoms with Crippen molar-refractivity contribution >= 4 is 11.6 Å². The highest BCUT2D eigenvalue weighted by Crippen LogP contribution is 2.41. The molecule has 2 heterocycles. The van der Waals surface area contributed by atoms with Gasteiger partial charge in [0.1, 0.15) is 0 Å². The Balaban J connectivity index is 2.22. The van der Waals surface area contributed by atoms with Gasteiger partial charge in [-0.1, -0.05) is 26.2 Å². The molecule has 0 spiro atoms. The summed E-state index contributed by atoms with van der Waals surface area (Å²) in [6.07, 6.45) is 0.761. The molecule has 0 fully saturated rings. The molecule has 1 atom stereocenters. The van der Waals surface area contributed by atoms with E-state index in [0.29, 0.717) is 12.8 Å². The molecule has 0 saturated carbocycles. The number of aromatic nitrogens is 1. The Morgan fingerprint density at radius 3 is 2.54 bits per heavy atom. The van der Waals surface area contributed by atoms with Crippen molar-refractivity contribution in [3.05, 3.63) is 30.1 Å². The number of halogens is 3. The summed E-state index contributed by atoms with van der Waals surface area (Å²) in [5, 5.41) is 14.1. The van der Waals surface area contributed by atoms with E-state index in [9.17, 15) is 23.1 Å². The second-order valence-corrected chi connectivity index (χ2v) is 5.82. The number of hydrogen-bond acceptors (Lipinski definition) is 4. The summed E-state index contributed by atoms with van der Waals surface area (Å²) in [5.74, 6) is -0.999. The Labute approximate surface area is 138 Å². The Kier molecular flexibility index (Phi) is 5.58. The van der Waals surface area contributed by atoms with Gasteiger partial charge in [-0.3, -0.25) is 9.78 Å². The fourth-order valence-electron chi connectivity index (χ4n) is 2.56. The summed E-state index contributed by atoms with van der Waals surface area (Å²) in [6.45, 7) is 2.03. The molecule has 1 aromatic rings. The Hall–Kier alpha value is -1.96. The smallest absolute Gasteiger partial charge is 0.362 e. The van der Waals surface area contributed by atoms with E-state index in [4.69, 9.17) is 0 Å². The van der Waals surface area contributed by atoms with Crippen LogP contribution in [0.15, 0.2) is 29.6 Å². The third-order valence-electron chi connectivity index (χ3n) is 3.93. The van der Waals surface area contributed by atoms with E-state index in [1.54, 1.807) is 0 Å². The number of alkyl halides is 3. The molecule has 1 N–H and O–H groups in total. The van der Waals surface area contributed by atoms with Crippen LogP contribution in [0.2, 0.25) is 0 Å². The van der Waals surface area contributed by atoms with Crippen LogP contribution < -0.4 is 0 Å². The molecule has 5 nitrogen and oxygen atoms in total. The number of hydrogen-bond donors (Lipinski definition) is 1. The van der Waals surface area contributed by atoms with Crippen molar-refractivity contribution in [3.8, 4) is 0 Å². The number of carbonyl (C=O) groups excluding carboxylic acids is 1. The first-order valence-electron chi connectivity index (χ1n) is 7.89. The van der Waals surface area contributed by atoms with Gasteiger partial charge < -0.3 is 5.11 Å². The van der Waals surface area contributed by atoms with Crippen LogP contribution in [0.4, 0.5) is 13.2 Å². The molecular weight excluding hydrogens is 323 g/mol. The van der Waals surface area contributed by atoms with Crippen LogP contribution in [0.25, 0.3) is 0 Å². The first-order chi connectivity index (χ1) is 11.3. The SMILES string of the molecule is CCCCCCC1=NN(C(=O)c2ccncc2)[C@@](O)(C(F)(F)F)C1. The maximum absolute atomic E-state index is 13.4. The number of aliphatic hydroxyl groups is 1. The van der Waals surface area contributed by atoms with Gasteiger partial charge in [-0.25, -0.2) is 0 Å². The van der Waals surface area contributed by atoms with Crippen LogP contribution in [0.3, 0.4) is 0 Å². The fraction of sp³-hybridized carbons (Fsp3) is 0.562. The van der Waals surface area contributed by atoms with Gasteiger partial charge in [0.15, 0.2) is 0 Å². The maximum atomic E-state index is 13.4. The minimum absolute atomic E-state index is 0.0105. The average molecular weight is 343 g/mol. The molecule has 132 valence electrons. The zero-order valence-corrected chi connectivity index (χ0v) is 13.4. The molecule has 0 bridgehead atoms. The van der Waals surface area contributed by atoms with Crippen LogP contribution in [0, 0.1) is 0 Å². The van der Waals surface area contributed by atoms with Crippen molar-refractivity contribution < 1.29 is 23.1 Å². The maximum Gasteiger partial charge on any atom is 0.438 e. The van der Waals surface area contributed by atoms with E-state index in [2.05, 4.69) is 10.1 Å². The van der Waals surface area contributed by atoms with Gasteiger partial charge >= 0.3 is 6.18 Å². The second-order valence-electron chi connectivity index (χ2n) is 5.82. The lowest BCUT2D eigenvalue weighted by Gasteiger charge is -2.32. The summed E-state index contributed by atoms with van der Waals surface area (Å²) in [5.41, 5.74) is -3.12. The summed E-state index contributed by atoms with van der Waals surface area (Å²) >= 11 is 0. The molecule has 0 aromatic carbocycles. The minimum atomic E-state index is -5.00. The lowest BCUT2D eigenvalue weighted by atomic mass is 10.0. The first-order valence-corrected chi connectivity index (χ1v) is 7.89. The lowest BCUT2D eigenvalue weighted by molar-refractivity contribution is -0.297. The first kappa shape index (κ1) is 18.4. The molecule has 24 heavy (non-hydrogen) atoms. The van der Waals surface area contributed by atoms with E-state index in [-0.39, 0.29) is 16.3 Å². The van der Waals surface area contributed by atoms with Crippen molar-refractivity contribution in [2.75, 3.05) is 0 Å². The Morgan fingerprint density at radius 1 is 1.29 bits per heavy atom. The third-order valence-corrected chi connectivity index (χ3v) is 3.93. The summed E-state index contributed by atoms with van der Waals surface area (Å²) in [4.78, 5) is 16.1. The number of nitrogens with zero attached hydrogens (tertiary/aromatic N) is 3. The van der Waals surface area contributed by atoms with Crippen LogP contribution >= 0.6 is 0 Å². The Morgan fingerprint density at radius 2 is 1.96 bits per heavy atom. The van der Waals surface area contributed by atoms with Gasteiger partial charge in [-0.05, 0) is 25.0 Å². The highest BCUT2D eigenvalue weighted by atomic mass is 19.4. The summed E-state index contributed by atoms with van der Waals surface area (Å²) in [6, 6.07) is 2.57. The van der Waals surface area contributed by atoms with E-state index in [0.717, 1.165) is 19.3 Å². The molecule has 2 rings (SSSR count). The van der Waals surface area contributed by atoms with Gasteiger partial charge in [-0.15, -0.1) is 0 Å². The van der Waals surface area contributed by atoms with Gasteiger partial charge in [0, 0.05) is 30.1 Å². The molecular formula is C16H20F3N3O2. The highest BCUT2D eigenvalue weighted by Gasteiger charge is 2.63. The van der Waals surface area contributed by atoms with Crippen molar-refractivity contribution in [3.63, 3.8) is 0 Å². The number of hydrazone groups is 1. The van der Waals surface area contributed by atoms with Crippen LogP contribution in [0.1, 0.15) is 55.8 Å². The highest BCUT2D eigenvalue weighted by molar-refractivity contribution is 5.98. The predicted molar refractivity (Wildman–Crippen MR) is 82.2 cm³/mol. The molecule has 8 heteroatoms. The molecule has 1 amide bonds. The zero-order valence-electron chi connectivity index (χ0n) is 13.4. The largest absolute Gasteiger partial charge is 0.438 e. The molecule has 1 aromatic heterocycles. The van der Waals surface area contributed by atoms with Crippen molar-refractivity contribution in [2.45, 2.75) is 57.3 Å². The van der Waals surface area contributed by atoms with Crippen LogP contribution in [-0.2, 0) is 0 Å². The third kappa shape index (κ3) is 3.75. The van der Waals surface area contributed by atoms with Crippen LogP contribution in [-0.4, -0.2) is 38.6 Å². The monoisotopic (exact) mass is 343 g/mol. The molecule has 0 saturated heterocycles. The quantitative estimate of drug-likeness (QED) is 0.804. The van der Waals surface area contributed by atoms with Gasteiger partial charge in [0.2, 0.25) is 0 Å². The van der Waals surface area contributed by atoms with Gasteiger partial charge in [0.25, 0.3) is 11.6 Å². The van der Waals surface area contributed by atoms with Crippen molar-refractivity contribution in [1.82, 2.24) is 9.99 Å². The average Bonchev–Trinajstić information content (AvgIpc) is 2.90. The molecule has 0 aliphatic carbocycles. The fourth-order valence-corrected chi connectivity index (χ4v) is 2.56. The predicted octanol–water partition coefficient (Wildman–Crippen LogP) is 3.50. The summed E-state index contributed by atoms with van der Waals surface area (Å²) in [7, 11) is 0. The number of unbranched alkanes of at least 4 members (excludes halogenated alkanes) is 3. The van der Waals surface area contributed by atoms with E-state index in [1.807, 2.05) is 6.92 Å². The molecule has 1 aliphatic rings. The second kappa shape index (κ2) is 7.29. The standard InChI is InChI=1S/C16H20F3N3O2/c1-2-3-4-5-6-13-11-15(24,16(17,18)19)22(21-13)14(23)12-7-9-20-10-8-12/h7-10,24H,2-6,11H2,1H3/t15-/m0/s1. The van der Waals surface area contributed by atoms with Gasteiger partial charge in [-0.2, -0.15) is 23.3 Å². The molecule has 1 aliphatic heterocycles. The minimum Gasteiger partial charge on any atom is -0.362 e. The van der Waals surface area contributed by atoms with E-state index < -0.39 is 24.2 Å². The molecule has 0 radical (unpaired) electrons. The van der Waals surface area contributed by atoms with E-state index in [1.165, 1.54) is 24.5 Å². The zero-order chi connectivity index (χ0) is 17.8. The van der Waals surface area contributed by atoms with E-state index >= 15 is 0 Å². The lowest BCUT2D eigenvalue weighted by Crippen LogP contribution is -2.56. The van der Waals surface area contributed by atoms with Crippen molar-refractivity contribution in [2.24, 2.45) is 5.10 Å². The topological polar surface area (TPSA) is 65.8 Å². The normalized spacial score (nSPS) is 21.0.